The van der Waals surface area contributed by atoms with Crippen molar-refractivity contribution in [3.05, 3.63) is 35.9 Å². The van der Waals surface area contributed by atoms with Crippen LogP contribution in [0, 0.1) is 0 Å². The summed E-state index contributed by atoms with van der Waals surface area (Å²) in [4.78, 5) is 44.6. The summed E-state index contributed by atoms with van der Waals surface area (Å²) in [5, 5.41) is 2.83. The molecule has 0 unspecified atom stereocenters. The Morgan fingerprint density at radius 3 is 2.34 bits per heavy atom. The van der Waals surface area contributed by atoms with Crippen LogP contribution in [0.4, 0.5) is 0 Å². The largest absolute Gasteiger partial charge is 0.350 e. The maximum atomic E-state index is 12.7. The molecule has 8 heteroatoms. The lowest BCUT2D eigenvalue weighted by Gasteiger charge is -2.34. The average Bonchev–Trinajstić information content (AvgIpc) is 3.08. The lowest BCUT2D eigenvalue weighted by Crippen LogP contribution is -2.50. The Morgan fingerprint density at radius 1 is 1.07 bits per heavy atom. The number of nitrogens with one attached hydrogen (secondary N) is 1. The van der Waals surface area contributed by atoms with Crippen molar-refractivity contribution < 1.29 is 14.4 Å². The van der Waals surface area contributed by atoms with E-state index in [1.165, 1.54) is 6.92 Å². The van der Waals surface area contributed by atoms with Gasteiger partial charge in [-0.15, -0.1) is 0 Å². The van der Waals surface area contributed by atoms with Crippen LogP contribution in [0.3, 0.4) is 0 Å². The lowest BCUT2D eigenvalue weighted by molar-refractivity contribution is -0.138. The van der Waals surface area contributed by atoms with E-state index in [0.717, 1.165) is 11.3 Å². The number of amides is 3. The van der Waals surface area contributed by atoms with E-state index in [4.69, 9.17) is 0 Å². The molecule has 0 radical (unpaired) electrons. The van der Waals surface area contributed by atoms with Gasteiger partial charge in [-0.25, -0.2) is 4.98 Å². The van der Waals surface area contributed by atoms with Gasteiger partial charge in [0.15, 0.2) is 5.69 Å². The fraction of sp³-hybridized carbons (Fsp3) is 0.524. The van der Waals surface area contributed by atoms with Crippen LogP contribution < -0.4 is 5.32 Å². The normalized spacial score (nSPS) is 14.9. The standard InChI is InChI=1S/C21H29N5O3/c1-15(27)24-11-13-25(14-12-24)17(28)8-9-22-19(29)18-16-7-5-6-10-26(16)20(23-18)21(2,3)4/h5-7,10H,8-9,11-14H2,1-4H3,(H,22,29). The average molecular weight is 399 g/mol. The number of hydrogen-bond acceptors (Lipinski definition) is 4. The highest BCUT2D eigenvalue weighted by molar-refractivity contribution is 5.99. The van der Waals surface area contributed by atoms with E-state index in [1.807, 2.05) is 28.8 Å². The molecule has 3 rings (SSSR count). The molecule has 0 atom stereocenters. The van der Waals surface area contributed by atoms with Crippen LogP contribution in [-0.4, -0.2) is 69.6 Å². The molecule has 0 aliphatic carbocycles. The number of nitrogens with zero attached hydrogens (tertiary/aromatic N) is 4. The molecule has 1 aliphatic rings. The van der Waals surface area contributed by atoms with Gasteiger partial charge in [0, 0.05) is 57.7 Å². The first-order valence-corrected chi connectivity index (χ1v) is 9.97. The molecular formula is C21H29N5O3. The summed E-state index contributed by atoms with van der Waals surface area (Å²) in [7, 11) is 0. The van der Waals surface area contributed by atoms with E-state index in [1.54, 1.807) is 9.80 Å². The smallest absolute Gasteiger partial charge is 0.272 e. The molecule has 156 valence electrons. The van der Waals surface area contributed by atoms with Crippen molar-refractivity contribution in [1.29, 1.82) is 0 Å². The molecule has 3 amide bonds. The lowest BCUT2D eigenvalue weighted by atomic mass is 9.96. The molecule has 3 heterocycles. The third-order valence-corrected chi connectivity index (χ3v) is 5.14. The van der Waals surface area contributed by atoms with Crippen LogP contribution in [-0.2, 0) is 15.0 Å². The second kappa shape index (κ2) is 8.23. The second-order valence-corrected chi connectivity index (χ2v) is 8.38. The van der Waals surface area contributed by atoms with Gasteiger partial charge in [-0.1, -0.05) is 26.8 Å². The Balaban J connectivity index is 1.59. The van der Waals surface area contributed by atoms with Crippen molar-refractivity contribution in [2.24, 2.45) is 0 Å². The summed E-state index contributed by atoms with van der Waals surface area (Å²) in [6.45, 7) is 10.1. The summed E-state index contributed by atoms with van der Waals surface area (Å²) < 4.78 is 1.94. The third-order valence-electron chi connectivity index (χ3n) is 5.14. The van der Waals surface area contributed by atoms with Gasteiger partial charge in [-0.05, 0) is 12.1 Å². The van der Waals surface area contributed by atoms with E-state index >= 15 is 0 Å². The van der Waals surface area contributed by atoms with Crippen LogP contribution in [0.1, 0.15) is 50.4 Å². The fourth-order valence-corrected chi connectivity index (χ4v) is 3.53. The summed E-state index contributed by atoms with van der Waals surface area (Å²) in [5.41, 5.74) is 0.917. The summed E-state index contributed by atoms with van der Waals surface area (Å²) in [5.74, 6) is 0.556. The van der Waals surface area contributed by atoms with Gasteiger partial charge >= 0.3 is 0 Å². The number of imidazole rings is 1. The molecular weight excluding hydrogens is 370 g/mol. The van der Waals surface area contributed by atoms with Crippen LogP contribution >= 0.6 is 0 Å². The van der Waals surface area contributed by atoms with Gasteiger partial charge in [0.05, 0.1) is 5.52 Å². The topological polar surface area (TPSA) is 87.0 Å². The zero-order valence-electron chi connectivity index (χ0n) is 17.6. The van der Waals surface area contributed by atoms with Gasteiger partial charge in [-0.2, -0.15) is 0 Å². The summed E-state index contributed by atoms with van der Waals surface area (Å²) >= 11 is 0. The highest BCUT2D eigenvalue weighted by Gasteiger charge is 2.25. The first-order valence-electron chi connectivity index (χ1n) is 9.97. The van der Waals surface area contributed by atoms with Gasteiger partial charge in [0.1, 0.15) is 5.82 Å². The van der Waals surface area contributed by atoms with Crippen LogP contribution in [0.15, 0.2) is 24.4 Å². The minimum Gasteiger partial charge on any atom is -0.350 e. The molecule has 2 aromatic heterocycles. The van der Waals surface area contributed by atoms with Crippen molar-refractivity contribution in [3.8, 4) is 0 Å². The van der Waals surface area contributed by atoms with Gasteiger partial charge in [0.25, 0.3) is 5.91 Å². The maximum Gasteiger partial charge on any atom is 0.272 e. The summed E-state index contributed by atoms with van der Waals surface area (Å²) in [6, 6.07) is 5.66. The van der Waals surface area contributed by atoms with Gasteiger partial charge < -0.3 is 19.5 Å². The number of rotatable bonds is 4. The van der Waals surface area contributed by atoms with Crippen molar-refractivity contribution >= 4 is 23.2 Å². The van der Waals surface area contributed by atoms with Gasteiger partial charge in [0.2, 0.25) is 11.8 Å². The monoisotopic (exact) mass is 399 g/mol. The SMILES string of the molecule is CC(=O)N1CCN(C(=O)CCNC(=O)c2nc(C(C)(C)C)n3ccccc23)CC1. The van der Waals surface area contributed by atoms with E-state index in [2.05, 4.69) is 31.1 Å². The Kier molecular flexibility index (Phi) is 5.91. The first-order chi connectivity index (χ1) is 13.7. The van der Waals surface area contributed by atoms with E-state index < -0.39 is 0 Å². The molecule has 1 fully saturated rings. The molecule has 0 saturated carbocycles. The van der Waals surface area contributed by atoms with E-state index in [-0.39, 0.29) is 36.1 Å². The van der Waals surface area contributed by atoms with Crippen molar-refractivity contribution in [2.75, 3.05) is 32.7 Å². The molecule has 1 N–H and O–H groups in total. The highest BCUT2D eigenvalue weighted by atomic mass is 16.2. The van der Waals surface area contributed by atoms with Gasteiger partial charge in [-0.3, -0.25) is 14.4 Å². The Morgan fingerprint density at radius 2 is 1.72 bits per heavy atom. The quantitative estimate of drug-likeness (QED) is 0.843. The molecule has 29 heavy (non-hydrogen) atoms. The molecule has 0 bridgehead atoms. The van der Waals surface area contributed by atoms with E-state index in [0.29, 0.717) is 31.9 Å². The predicted octanol–water partition coefficient (Wildman–Crippen LogP) is 1.44. The molecule has 0 spiro atoms. The van der Waals surface area contributed by atoms with Crippen molar-refractivity contribution in [1.82, 2.24) is 24.5 Å². The minimum atomic E-state index is -0.279. The van der Waals surface area contributed by atoms with Crippen LogP contribution in [0.25, 0.3) is 5.52 Å². The second-order valence-electron chi connectivity index (χ2n) is 8.38. The van der Waals surface area contributed by atoms with Crippen molar-refractivity contribution in [2.45, 2.75) is 39.5 Å². The number of piperazine rings is 1. The number of carbonyl (C=O) groups is 3. The maximum absolute atomic E-state index is 12.7. The third kappa shape index (κ3) is 4.58. The number of aromatic nitrogens is 2. The fourth-order valence-electron chi connectivity index (χ4n) is 3.53. The Hall–Kier alpha value is -2.90. The van der Waals surface area contributed by atoms with Crippen LogP contribution in [0.2, 0.25) is 0 Å². The molecule has 8 nitrogen and oxygen atoms in total. The first kappa shape index (κ1) is 20.8. The zero-order chi connectivity index (χ0) is 21.2. The van der Waals surface area contributed by atoms with Crippen LogP contribution in [0.5, 0.6) is 0 Å². The summed E-state index contributed by atoms with van der Waals surface area (Å²) in [6.07, 6.45) is 2.13. The number of carbonyl (C=O) groups excluding carboxylic acids is 3. The number of pyridine rings is 1. The predicted molar refractivity (Wildman–Crippen MR) is 110 cm³/mol. The van der Waals surface area contributed by atoms with E-state index in [9.17, 15) is 14.4 Å². The highest BCUT2D eigenvalue weighted by Crippen LogP contribution is 2.24. The Bertz CT molecular complexity index is 920. The molecule has 2 aromatic rings. The molecule has 1 saturated heterocycles. The molecule has 1 aliphatic heterocycles. The Labute approximate surface area is 170 Å². The molecule has 0 aromatic carbocycles. The zero-order valence-corrected chi connectivity index (χ0v) is 17.6. The number of fused-ring (bicyclic) bond motifs is 1. The van der Waals surface area contributed by atoms with Crippen molar-refractivity contribution in [3.63, 3.8) is 0 Å². The number of hydrogen-bond donors (Lipinski definition) is 1. The minimum absolute atomic E-state index is 0.0152.